The van der Waals surface area contributed by atoms with Gasteiger partial charge in [-0.25, -0.2) is 0 Å². The summed E-state index contributed by atoms with van der Waals surface area (Å²) in [5, 5.41) is 12.8. The fraction of sp³-hybridized carbons (Fsp3) is 0.800. The molecular weight excluding hydrogens is 242 g/mol. The second kappa shape index (κ2) is 6.85. The average molecular weight is 259 g/mol. The van der Waals surface area contributed by atoms with E-state index in [0.717, 1.165) is 37.7 Å². The SMILES string of the molecule is OC(CNCC1CCCO1)COc1cnsn1. The lowest BCUT2D eigenvalue weighted by Gasteiger charge is -2.14. The minimum Gasteiger partial charge on any atom is -0.473 e. The predicted molar refractivity (Wildman–Crippen MR) is 63.3 cm³/mol. The number of ether oxygens (including phenoxy) is 2. The molecule has 0 aliphatic carbocycles. The highest BCUT2D eigenvalue weighted by atomic mass is 32.1. The zero-order chi connectivity index (χ0) is 11.9. The van der Waals surface area contributed by atoms with Crippen molar-refractivity contribution in [3.8, 4) is 5.88 Å². The van der Waals surface area contributed by atoms with Gasteiger partial charge in [0.1, 0.15) is 18.9 Å². The Labute approximate surface area is 104 Å². The lowest BCUT2D eigenvalue weighted by Crippen LogP contribution is -2.35. The molecule has 2 unspecified atom stereocenters. The van der Waals surface area contributed by atoms with Crippen molar-refractivity contribution in [2.45, 2.75) is 25.0 Å². The van der Waals surface area contributed by atoms with Gasteiger partial charge in [0.05, 0.1) is 17.8 Å². The van der Waals surface area contributed by atoms with Gasteiger partial charge in [-0.1, -0.05) is 0 Å². The lowest BCUT2D eigenvalue weighted by molar-refractivity contribution is 0.0872. The summed E-state index contributed by atoms with van der Waals surface area (Å²) in [6.07, 6.45) is 3.53. The van der Waals surface area contributed by atoms with Crippen LogP contribution in [-0.4, -0.2) is 52.4 Å². The van der Waals surface area contributed by atoms with Gasteiger partial charge in [-0.2, -0.15) is 4.37 Å². The minimum atomic E-state index is -0.543. The molecule has 0 saturated carbocycles. The second-order valence-corrected chi connectivity index (χ2v) is 4.56. The van der Waals surface area contributed by atoms with E-state index in [1.165, 1.54) is 6.20 Å². The quantitative estimate of drug-likeness (QED) is 0.720. The van der Waals surface area contributed by atoms with Gasteiger partial charge in [0.25, 0.3) is 0 Å². The van der Waals surface area contributed by atoms with Crippen LogP contribution in [-0.2, 0) is 4.74 Å². The normalized spacial score (nSPS) is 21.6. The molecule has 0 aromatic carbocycles. The highest BCUT2D eigenvalue weighted by Crippen LogP contribution is 2.10. The van der Waals surface area contributed by atoms with Crippen molar-refractivity contribution in [3.05, 3.63) is 6.20 Å². The molecule has 0 radical (unpaired) electrons. The van der Waals surface area contributed by atoms with Crippen molar-refractivity contribution in [3.63, 3.8) is 0 Å². The third-order valence-corrected chi connectivity index (χ3v) is 3.00. The smallest absolute Gasteiger partial charge is 0.245 e. The first-order valence-electron chi connectivity index (χ1n) is 5.75. The molecule has 1 aromatic rings. The highest BCUT2D eigenvalue weighted by Gasteiger charge is 2.15. The molecule has 6 nitrogen and oxygen atoms in total. The van der Waals surface area contributed by atoms with E-state index in [0.29, 0.717) is 18.5 Å². The van der Waals surface area contributed by atoms with E-state index in [9.17, 15) is 5.11 Å². The predicted octanol–water partition coefficient (Wildman–Crippen LogP) is 0.0464. The fourth-order valence-corrected chi connectivity index (χ4v) is 2.04. The van der Waals surface area contributed by atoms with Gasteiger partial charge in [-0.05, 0) is 12.8 Å². The zero-order valence-corrected chi connectivity index (χ0v) is 10.4. The van der Waals surface area contributed by atoms with Crippen molar-refractivity contribution in [1.82, 2.24) is 14.1 Å². The van der Waals surface area contributed by atoms with E-state index in [1.807, 2.05) is 0 Å². The first-order valence-corrected chi connectivity index (χ1v) is 6.48. The van der Waals surface area contributed by atoms with Crippen molar-refractivity contribution >= 4 is 11.7 Å². The Balaban J connectivity index is 1.52. The third-order valence-electron chi connectivity index (χ3n) is 2.54. The van der Waals surface area contributed by atoms with E-state index in [4.69, 9.17) is 9.47 Å². The Morgan fingerprint density at radius 3 is 3.35 bits per heavy atom. The molecule has 96 valence electrons. The van der Waals surface area contributed by atoms with Crippen LogP contribution in [0.3, 0.4) is 0 Å². The van der Waals surface area contributed by atoms with Crippen LogP contribution in [0.1, 0.15) is 12.8 Å². The molecule has 0 bridgehead atoms. The van der Waals surface area contributed by atoms with Crippen LogP contribution in [0.25, 0.3) is 0 Å². The van der Waals surface area contributed by atoms with Gasteiger partial charge >= 0.3 is 0 Å². The summed E-state index contributed by atoms with van der Waals surface area (Å²) in [4.78, 5) is 0. The molecule has 7 heteroatoms. The highest BCUT2D eigenvalue weighted by molar-refractivity contribution is 6.99. The molecule has 17 heavy (non-hydrogen) atoms. The molecule has 1 fully saturated rings. The third kappa shape index (κ3) is 4.55. The molecule has 2 atom stereocenters. The van der Waals surface area contributed by atoms with Gasteiger partial charge < -0.3 is 19.9 Å². The van der Waals surface area contributed by atoms with Crippen molar-refractivity contribution < 1.29 is 14.6 Å². The number of rotatable bonds is 7. The van der Waals surface area contributed by atoms with E-state index < -0.39 is 6.10 Å². The Morgan fingerprint density at radius 2 is 2.65 bits per heavy atom. The van der Waals surface area contributed by atoms with Crippen LogP contribution in [0.4, 0.5) is 0 Å². The molecule has 1 aliphatic heterocycles. The summed E-state index contributed by atoms with van der Waals surface area (Å²) < 4.78 is 18.4. The summed E-state index contributed by atoms with van der Waals surface area (Å²) in [6, 6.07) is 0. The first kappa shape index (κ1) is 12.7. The van der Waals surface area contributed by atoms with Gasteiger partial charge in [0.2, 0.25) is 5.88 Å². The van der Waals surface area contributed by atoms with Gasteiger partial charge in [-0.3, -0.25) is 0 Å². The number of hydrogen-bond acceptors (Lipinski definition) is 7. The minimum absolute atomic E-state index is 0.226. The van der Waals surface area contributed by atoms with Crippen molar-refractivity contribution in [2.24, 2.45) is 0 Å². The summed E-state index contributed by atoms with van der Waals surface area (Å²) >= 11 is 1.09. The number of aliphatic hydroxyl groups is 1. The zero-order valence-electron chi connectivity index (χ0n) is 9.54. The monoisotopic (exact) mass is 259 g/mol. The Bertz CT molecular complexity index is 304. The maximum atomic E-state index is 9.65. The van der Waals surface area contributed by atoms with Crippen LogP contribution < -0.4 is 10.1 Å². The molecule has 1 aliphatic rings. The first-order chi connectivity index (χ1) is 8.34. The number of nitrogens with one attached hydrogen (secondary N) is 1. The molecule has 1 saturated heterocycles. The van der Waals surface area contributed by atoms with Crippen molar-refractivity contribution in [1.29, 1.82) is 0 Å². The van der Waals surface area contributed by atoms with Gasteiger partial charge in [0, 0.05) is 19.7 Å². The van der Waals surface area contributed by atoms with Crippen molar-refractivity contribution in [2.75, 3.05) is 26.3 Å². The molecule has 2 heterocycles. The summed E-state index contributed by atoms with van der Waals surface area (Å²) in [5.74, 6) is 0.466. The number of aliphatic hydroxyl groups excluding tert-OH is 1. The molecule has 0 spiro atoms. The molecular formula is C10H17N3O3S. The second-order valence-electron chi connectivity index (χ2n) is 4.00. The maximum absolute atomic E-state index is 9.65. The Kier molecular flexibility index (Phi) is 5.11. The van der Waals surface area contributed by atoms with Crippen LogP contribution >= 0.6 is 11.7 Å². The van der Waals surface area contributed by atoms with E-state index in [-0.39, 0.29) is 6.61 Å². The Hall–Kier alpha value is -0.760. The van der Waals surface area contributed by atoms with E-state index >= 15 is 0 Å². The summed E-state index contributed by atoms with van der Waals surface area (Å²) in [5.41, 5.74) is 0. The van der Waals surface area contributed by atoms with Gasteiger partial charge in [-0.15, -0.1) is 4.37 Å². The standard InChI is InChI=1S/C10H17N3O3S/c14-8(7-16-10-6-12-17-13-10)4-11-5-9-2-1-3-15-9/h6,8-9,11,14H,1-5,7H2. The molecule has 2 rings (SSSR count). The molecule has 2 N–H and O–H groups in total. The van der Waals surface area contributed by atoms with Crippen LogP contribution in [0.2, 0.25) is 0 Å². The lowest BCUT2D eigenvalue weighted by atomic mass is 10.2. The number of aromatic nitrogens is 2. The number of hydrogen-bond donors (Lipinski definition) is 2. The largest absolute Gasteiger partial charge is 0.473 e. The van der Waals surface area contributed by atoms with Crippen LogP contribution in [0, 0.1) is 0 Å². The van der Waals surface area contributed by atoms with Crippen LogP contribution in [0.15, 0.2) is 6.20 Å². The molecule has 1 aromatic heterocycles. The van der Waals surface area contributed by atoms with Gasteiger partial charge in [0.15, 0.2) is 0 Å². The molecule has 0 amide bonds. The van der Waals surface area contributed by atoms with Crippen LogP contribution in [0.5, 0.6) is 5.88 Å². The summed E-state index contributed by atoms with van der Waals surface area (Å²) in [7, 11) is 0. The fourth-order valence-electron chi connectivity index (χ4n) is 1.68. The average Bonchev–Trinajstić information content (AvgIpc) is 2.99. The maximum Gasteiger partial charge on any atom is 0.245 e. The number of nitrogens with zero attached hydrogens (tertiary/aromatic N) is 2. The van der Waals surface area contributed by atoms with E-state index in [1.54, 1.807) is 0 Å². The Morgan fingerprint density at radius 1 is 1.71 bits per heavy atom. The topological polar surface area (TPSA) is 76.5 Å². The summed E-state index contributed by atoms with van der Waals surface area (Å²) in [6.45, 7) is 2.37. The van der Waals surface area contributed by atoms with E-state index in [2.05, 4.69) is 14.1 Å².